The zero-order chi connectivity index (χ0) is 14.8. The third-order valence-corrected chi connectivity index (χ3v) is 4.30. The van der Waals surface area contributed by atoms with Gasteiger partial charge in [0.05, 0.1) is 11.6 Å². The second-order valence-electron chi connectivity index (χ2n) is 5.42. The highest BCUT2D eigenvalue weighted by molar-refractivity contribution is 5.87. The molecule has 1 aliphatic heterocycles. The first-order valence-electron chi connectivity index (χ1n) is 7.35. The molecule has 0 amide bonds. The SMILES string of the molecule is CCN1CCC(N(C)c2nc(NN)nc3[nH]ncc23)CC1. The molecular formula is C13H22N8. The summed E-state index contributed by atoms with van der Waals surface area (Å²) in [5.41, 5.74) is 3.22. The van der Waals surface area contributed by atoms with Gasteiger partial charge in [-0.25, -0.2) is 5.84 Å². The van der Waals surface area contributed by atoms with Crippen LogP contribution < -0.4 is 16.2 Å². The quantitative estimate of drug-likeness (QED) is 0.559. The minimum atomic E-state index is 0.402. The molecule has 0 spiro atoms. The Balaban J connectivity index is 1.87. The van der Waals surface area contributed by atoms with Crippen molar-refractivity contribution in [1.82, 2.24) is 25.1 Å². The number of likely N-dealkylation sites (tertiary alicyclic amines) is 1. The number of hydrazine groups is 1. The van der Waals surface area contributed by atoms with Gasteiger partial charge in [0, 0.05) is 26.2 Å². The Labute approximate surface area is 123 Å². The Bertz CT molecular complexity index is 601. The lowest BCUT2D eigenvalue weighted by atomic mass is 10.0. The van der Waals surface area contributed by atoms with Gasteiger partial charge in [-0.05, 0) is 19.4 Å². The van der Waals surface area contributed by atoms with E-state index in [0.29, 0.717) is 17.6 Å². The lowest BCUT2D eigenvalue weighted by molar-refractivity contribution is 0.220. The molecule has 8 heteroatoms. The molecule has 8 nitrogen and oxygen atoms in total. The van der Waals surface area contributed by atoms with Gasteiger partial charge in [0.1, 0.15) is 5.82 Å². The number of aromatic nitrogens is 4. The first-order valence-corrected chi connectivity index (χ1v) is 7.35. The van der Waals surface area contributed by atoms with E-state index in [1.165, 1.54) is 0 Å². The standard InChI is InChI=1S/C13H22N8/c1-3-21-6-4-9(5-7-21)20(2)12-10-8-15-19-11(10)16-13(17-12)18-14/h8-9H,3-7,14H2,1-2H3,(H2,15,16,17,18,19). The fourth-order valence-corrected chi connectivity index (χ4v) is 2.95. The highest BCUT2D eigenvalue weighted by atomic mass is 15.3. The van der Waals surface area contributed by atoms with E-state index in [1.807, 2.05) is 0 Å². The topological polar surface area (TPSA) is 99.0 Å². The van der Waals surface area contributed by atoms with E-state index in [4.69, 9.17) is 5.84 Å². The number of nitrogens with one attached hydrogen (secondary N) is 2. The summed E-state index contributed by atoms with van der Waals surface area (Å²) in [6.07, 6.45) is 4.04. The number of hydrogen-bond donors (Lipinski definition) is 3. The van der Waals surface area contributed by atoms with Crippen molar-refractivity contribution in [2.24, 2.45) is 5.84 Å². The maximum atomic E-state index is 5.46. The van der Waals surface area contributed by atoms with Crippen molar-refractivity contribution < 1.29 is 0 Å². The Morgan fingerprint density at radius 3 is 2.86 bits per heavy atom. The molecule has 1 saturated heterocycles. The summed E-state index contributed by atoms with van der Waals surface area (Å²) < 4.78 is 0. The van der Waals surface area contributed by atoms with Gasteiger partial charge < -0.3 is 9.80 Å². The Hall–Kier alpha value is -1.93. The first-order chi connectivity index (χ1) is 10.2. The summed E-state index contributed by atoms with van der Waals surface area (Å²) in [5, 5.41) is 7.86. The van der Waals surface area contributed by atoms with Crippen molar-refractivity contribution in [3.8, 4) is 0 Å². The molecule has 2 aromatic heterocycles. The average molecular weight is 290 g/mol. The van der Waals surface area contributed by atoms with Gasteiger partial charge in [0.25, 0.3) is 0 Å². The van der Waals surface area contributed by atoms with Crippen molar-refractivity contribution in [1.29, 1.82) is 0 Å². The van der Waals surface area contributed by atoms with Gasteiger partial charge in [0.2, 0.25) is 5.95 Å². The molecule has 4 N–H and O–H groups in total. The van der Waals surface area contributed by atoms with Crippen molar-refractivity contribution in [2.45, 2.75) is 25.8 Å². The van der Waals surface area contributed by atoms with Crippen LogP contribution in [0.5, 0.6) is 0 Å². The highest BCUT2D eigenvalue weighted by Crippen LogP contribution is 2.27. The molecular weight excluding hydrogens is 268 g/mol. The number of anilines is 2. The van der Waals surface area contributed by atoms with Gasteiger partial charge in [0.15, 0.2) is 5.65 Å². The van der Waals surface area contributed by atoms with Crippen LogP contribution in [-0.4, -0.2) is 57.8 Å². The number of fused-ring (bicyclic) bond motifs is 1. The summed E-state index contributed by atoms with van der Waals surface area (Å²) in [4.78, 5) is 13.5. The number of piperidine rings is 1. The molecule has 1 aliphatic rings. The van der Waals surface area contributed by atoms with Gasteiger partial charge in [-0.3, -0.25) is 10.5 Å². The van der Waals surface area contributed by atoms with Gasteiger partial charge >= 0.3 is 0 Å². The van der Waals surface area contributed by atoms with E-state index < -0.39 is 0 Å². The fraction of sp³-hybridized carbons (Fsp3) is 0.615. The molecule has 0 aliphatic carbocycles. The van der Waals surface area contributed by atoms with Crippen molar-refractivity contribution in [3.05, 3.63) is 6.20 Å². The molecule has 3 heterocycles. The molecule has 3 rings (SSSR count). The fourth-order valence-electron chi connectivity index (χ4n) is 2.95. The predicted octanol–water partition coefficient (Wildman–Crippen LogP) is 0.559. The number of nitrogens with zero attached hydrogens (tertiary/aromatic N) is 5. The summed E-state index contributed by atoms with van der Waals surface area (Å²) in [6, 6.07) is 0.478. The van der Waals surface area contributed by atoms with Crippen LogP contribution >= 0.6 is 0 Å². The number of H-pyrrole nitrogens is 1. The zero-order valence-corrected chi connectivity index (χ0v) is 12.5. The molecule has 0 bridgehead atoms. The average Bonchev–Trinajstić information content (AvgIpc) is 3.01. The molecule has 1 fully saturated rings. The van der Waals surface area contributed by atoms with Crippen LogP contribution in [-0.2, 0) is 0 Å². The van der Waals surface area contributed by atoms with E-state index in [9.17, 15) is 0 Å². The first kappa shape index (κ1) is 14.0. The molecule has 0 radical (unpaired) electrons. The zero-order valence-electron chi connectivity index (χ0n) is 12.5. The molecule has 0 unspecified atom stereocenters. The van der Waals surface area contributed by atoms with E-state index in [0.717, 1.165) is 43.7 Å². The van der Waals surface area contributed by atoms with Crippen molar-refractivity contribution in [3.63, 3.8) is 0 Å². The smallest absolute Gasteiger partial charge is 0.241 e. The maximum absolute atomic E-state index is 5.46. The molecule has 114 valence electrons. The number of aromatic amines is 1. The minimum Gasteiger partial charge on any atom is -0.356 e. The minimum absolute atomic E-state index is 0.402. The predicted molar refractivity (Wildman–Crippen MR) is 83.0 cm³/mol. The van der Waals surface area contributed by atoms with Crippen LogP contribution in [0.1, 0.15) is 19.8 Å². The van der Waals surface area contributed by atoms with Crippen LogP contribution in [0.2, 0.25) is 0 Å². The molecule has 2 aromatic rings. The molecule has 0 atom stereocenters. The second kappa shape index (κ2) is 5.82. The van der Waals surface area contributed by atoms with Crippen LogP contribution in [0.15, 0.2) is 6.20 Å². The van der Waals surface area contributed by atoms with E-state index in [2.05, 4.69) is 49.4 Å². The largest absolute Gasteiger partial charge is 0.356 e. The van der Waals surface area contributed by atoms with Crippen molar-refractivity contribution in [2.75, 3.05) is 37.0 Å². The van der Waals surface area contributed by atoms with Crippen LogP contribution in [0, 0.1) is 0 Å². The third kappa shape index (κ3) is 2.64. The summed E-state index contributed by atoms with van der Waals surface area (Å²) in [5.74, 6) is 6.73. The van der Waals surface area contributed by atoms with Crippen molar-refractivity contribution >= 4 is 22.8 Å². The summed E-state index contributed by atoms with van der Waals surface area (Å²) >= 11 is 0. The van der Waals surface area contributed by atoms with E-state index in [-0.39, 0.29) is 0 Å². The van der Waals surface area contributed by atoms with E-state index in [1.54, 1.807) is 6.20 Å². The van der Waals surface area contributed by atoms with Crippen LogP contribution in [0.4, 0.5) is 11.8 Å². The van der Waals surface area contributed by atoms with Crippen LogP contribution in [0.25, 0.3) is 11.0 Å². The lowest BCUT2D eigenvalue weighted by Crippen LogP contribution is -2.43. The Morgan fingerprint density at radius 2 is 2.19 bits per heavy atom. The number of hydrogen-bond acceptors (Lipinski definition) is 7. The molecule has 0 saturated carbocycles. The normalized spacial score (nSPS) is 17.3. The number of nitrogen functional groups attached to an aromatic ring is 1. The molecule has 21 heavy (non-hydrogen) atoms. The maximum Gasteiger partial charge on any atom is 0.241 e. The molecule has 0 aromatic carbocycles. The highest BCUT2D eigenvalue weighted by Gasteiger charge is 2.24. The summed E-state index contributed by atoms with van der Waals surface area (Å²) in [6.45, 7) is 5.60. The Morgan fingerprint density at radius 1 is 1.43 bits per heavy atom. The van der Waals surface area contributed by atoms with Crippen LogP contribution in [0.3, 0.4) is 0 Å². The summed E-state index contributed by atoms with van der Waals surface area (Å²) in [7, 11) is 2.08. The Kier molecular flexibility index (Phi) is 3.89. The van der Waals surface area contributed by atoms with Gasteiger partial charge in [-0.2, -0.15) is 15.1 Å². The monoisotopic (exact) mass is 290 g/mol. The number of rotatable bonds is 4. The van der Waals surface area contributed by atoms with E-state index >= 15 is 0 Å². The number of nitrogens with two attached hydrogens (primary N) is 1. The lowest BCUT2D eigenvalue weighted by Gasteiger charge is -2.37. The van der Waals surface area contributed by atoms with Gasteiger partial charge in [-0.15, -0.1) is 0 Å². The van der Waals surface area contributed by atoms with Gasteiger partial charge in [-0.1, -0.05) is 6.92 Å². The second-order valence-corrected chi connectivity index (χ2v) is 5.42. The third-order valence-electron chi connectivity index (χ3n) is 4.30.